The van der Waals surface area contributed by atoms with Gasteiger partial charge in [0.05, 0.1) is 30.1 Å². The van der Waals surface area contributed by atoms with E-state index in [9.17, 15) is 18.0 Å². The number of aliphatic imine (C=N–C) groups is 1. The molecule has 0 atom stereocenters. The number of esters is 1. The van der Waals surface area contributed by atoms with Crippen molar-refractivity contribution in [3.63, 3.8) is 0 Å². The van der Waals surface area contributed by atoms with Gasteiger partial charge in [-0.15, -0.1) is 24.9 Å². The van der Waals surface area contributed by atoms with Crippen molar-refractivity contribution in [3.05, 3.63) is 52.7 Å². The Hall–Kier alpha value is -2.75. The highest BCUT2D eigenvalue weighted by Gasteiger charge is 2.31. The van der Waals surface area contributed by atoms with Gasteiger partial charge in [-0.1, -0.05) is 12.1 Å². The molecule has 0 fully saturated rings. The second-order valence-electron chi connectivity index (χ2n) is 5.40. The summed E-state index contributed by atoms with van der Waals surface area (Å²) in [5.74, 6) is -0.420. The number of aromatic nitrogens is 2. The molecule has 0 saturated heterocycles. The summed E-state index contributed by atoms with van der Waals surface area (Å²) in [7, 11) is 0. The Morgan fingerprint density at radius 2 is 2.18 bits per heavy atom. The molecule has 1 aromatic carbocycles. The largest absolute Gasteiger partial charge is 0.573 e. The van der Waals surface area contributed by atoms with Gasteiger partial charge in [0.1, 0.15) is 11.3 Å². The molecule has 0 bridgehead atoms. The highest BCUT2D eigenvalue weighted by molar-refractivity contribution is 8.01. The van der Waals surface area contributed by atoms with E-state index in [1.165, 1.54) is 36.2 Å². The summed E-state index contributed by atoms with van der Waals surface area (Å²) < 4.78 is 47.6. The topological polar surface area (TPSA) is 65.7 Å². The van der Waals surface area contributed by atoms with E-state index in [1.807, 2.05) is 0 Å². The highest BCUT2D eigenvalue weighted by atomic mass is 32.2. The zero-order valence-corrected chi connectivity index (χ0v) is 16.0. The Morgan fingerprint density at radius 1 is 1.43 bits per heavy atom. The van der Waals surface area contributed by atoms with Gasteiger partial charge in [0.2, 0.25) is 0 Å². The highest BCUT2D eigenvalue weighted by Crippen LogP contribution is 2.28. The number of thioether (sulfide) groups is 1. The van der Waals surface area contributed by atoms with Crippen LogP contribution in [0.5, 0.6) is 5.75 Å². The van der Waals surface area contributed by atoms with E-state index in [0.717, 1.165) is 0 Å². The molecule has 0 saturated carbocycles. The van der Waals surface area contributed by atoms with E-state index in [4.69, 9.17) is 4.74 Å². The minimum atomic E-state index is -4.77. The van der Waals surface area contributed by atoms with E-state index in [0.29, 0.717) is 28.4 Å². The maximum atomic E-state index is 12.4. The van der Waals surface area contributed by atoms with Gasteiger partial charge in [0.15, 0.2) is 0 Å². The Kier molecular flexibility index (Phi) is 7.27. The first kappa shape index (κ1) is 21.5. The number of carbonyl (C=O) groups excluding carboxylic acids is 1. The first-order chi connectivity index (χ1) is 13.2. The van der Waals surface area contributed by atoms with Gasteiger partial charge in [-0.2, -0.15) is 5.10 Å². The first-order valence-corrected chi connectivity index (χ1v) is 9.14. The Balaban J connectivity index is 2.10. The van der Waals surface area contributed by atoms with Gasteiger partial charge in [-0.25, -0.2) is 4.79 Å². The smallest absolute Gasteiger partial charge is 0.462 e. The summed E-state index contributed by atoms with van der Waals surface area (Å²) in [4.78, 5) is 15.7. The Morgan fingerprint density at radius 3 is 2.82 bits per heavy atom. The van der Waals surface area contributed by atoms with Crippen LogP contribution in [0.15, 0.2) is 40.9 Å². The van der Waals surface area contributed by atoms with E-state index in [-0.39, 0.29) is 12.4 Å². The SMILES string of the molecule is C=N/C(=C\SCn1ncc(C(=O)OCC)c1C)c1cccc(OC(F)(F)F)c1. The predicted octanol–water partition coefficient (Wildman–Crippen LogP) is 4.66. The lowest BCUT2D eigenvalue weighted by molar-refractivity contribution is -0.274. The molecule has 1 aromatic heterocycles. The fourth-order valence-electron chi connectivity index (χ4n) is 2.22. The van der Waals surface area contributed by atoms with Crippen molar-refractivity contribution in [1.82, 2.24) is 9.78 Å². The summed E-state index contributed by atoms with van der Waals surface area (Å²) >= 11 is 1.29. The number of ether oxygens (including phenoxy) is 2. The lowest BCUT2D eigenvalue weighted by atomic mass is 10.2. The molecule has 6 nitrogen and oxygen atoms in total. The van der Waals surface area contributed by atoms with Gasteiger partial charge >= 0.3 is 12.3 Å². The van der Waals surface area contributed by atoms with Crippen LogP contribution in [0.1, 0.15) is 28.5 Å². The van der Waals surface area contributed by atoms with Crippen LogP contribution in [0.2, 0.25) is 0 Å². The van der Waals surface area contributed by atoms with Crippen molar-refractivity contribution in [2.24, 2.45) is 4.99 Å². The number of benzene rings is 1. The number of nitrogens with zero attached hydrogens (tertiary/aromatic N) is 3. The third-order valence-electron chi connectivity index (χ3n) is 3.52. The molecule has 2 rings (SSSR count). The van der Waals surface area contributed by atoms with Crippen LogP contribution in [0.25, 0.3) is 5.70 Å². The Bertz CT molecular complexity index is 878. The predicted molar refractivity (Wildman–Crippen MR) is 101 cm³/mol. The van der Waals surface area contributed by atoms with Gasteiger partial charge in [0.25, 0.3) is 0 Å². The van der Waals surface area contributed by atoms with Gasteiger partial charge in [-0.3, -0.25) is 9.67 Å². The monoisotopic (exact) mass is 413 g/mol. The first-order valence-electron chi connectivity index (χ1n) is 8.09. The number of hydrogen-bond donors (Lipinski definition) is 0. The maximum absolute atomic E-state index is 12.4. The van der Waals surface area contributed by atoms with Crippen LogP contribution >= 0.6 is 11.8 Å². The van der Waals surface area contributed by atoms with Crippen molar-refractivity contribution < 1.29 is 27.4 Å². The van der Waals surface area contributed by atoms with Crippen LogP contribution in [-0.2, 0) is 10.6 Å². The van der Waals surface area contributed by atoms with Gasteiger partial charge in [-0.05, 0) is 38.1 Å². The number of halogens is 3. The number of hydrogen-bond acceptors (Lipinski definition) is 6. The molecular weight excluding hydrogens is 395 g/mol. The number of carbonyl (C=O) groups is 1. The van der Waals surface area contributed by atoms with Crippen LogP contribution in [0.3, 0.4) is 0 Å². The van der Waals surface area contributed by atoms with Crippen molar-refractivity contribution in [1.29, 1.82) is 0 Å². The summed E-state index contributed by atoms with van der Waals surface area (Å²) in [6.07, 6.45) is -3.34. The lowest BCUT2D eigenvalue weighted by Gasteiger charge is -2.10. The van der Waals surface area contributed by atoms with Crippen molar-refractivity contribution in [2.75, 3.05) is 6.61 Å². The van der Waals surface area contributed by atoms with E-state index >= 15 is 0 Å². The van der Waals surface area contributed by atoms with Crippen LogP contribution < -0.4 is 4.74 Å². The molecule has 10 heteroatoms. The quantitative estimate of drug-likeness (QED) is 0.465. The maximum Gasteiger partial charge on any atom is 0.573 e. The van der Waals surface area contributed by atoms with E-state index in [2.05, 4.69) is 21.5 Å². The molecule has 2 aromatic rings. The van der Waals surface area contributed by atoms with Gasteiger partial charge < -0.3 is 9.47 Å². The molecule has 0 unspecified atom stereocenters. The van der Waals surface area contributed by atoms with Crippen LogP contribution in [0.4, 0.5) is 13.2 Å². The molecule has 0 aliphatic heterocycles. The van der Waals surface area contributed by atoms with Crippen molar-refractivity contribution in [3.8, 4) is 5.75 Å². The van der Waals surface area contributed by atoms with E-state index < -0.39 is 12.3 Å². The zero-order valence-electron chi connectivity index (χ0n) is 15.2. The summed E-state index contributed by atoms with van der Waals surface area (Å²) in [6.45, 7) is 7.19. The molecule has 0 N–H and O–H groups in total. The normalized spacial score (nSPS) is 12.0. The van der Waals surface area contributed by atoms with Crippen LogP contribution in [0, 0.1) is 6.92 Å². The second kappa shape index (κ2) is 9.45. The summed E-state index contributed by atoms with van der Waals surface area (Å²) in [6, 6.07) is 5.47. The van der Waals surface area contributed by atoms with Gasteiger partial charge in [0, 0.05) is 5.56 Å². The van der Waals surface area contributed by atoms with Crippen molar-refractivity contribution in [2.45, 2.75) is 26.1 Å². The van der Waals surface area contributed by atoms with Crippen molar-refractivity contribution >= 4 is 30.1 Å². The average molecular weight is 413 g/mol. The molecule has 0 spiro atoms. The molecular formula is C18H18F3N3O3S. The molecule has 0 aliphatic rings. The third-order valence-corrected chi connectivity index (χ3v) is 4.31. The zero-order chi connectivity index (χ0) is 20.7. The molecule has 0 amide bonds. The lowest BCUT2D eigenvalue weighted by Crippen LogP contribution is -2.17. The molecule has 1 heterocycles. The summed E-state index contributed by atoms with van der Waals surface area (Å²) in [5, 5.41) is 5.79. The van der Waals surface area contributed by atoms with E-state index in [1.54, 1.807) is 30.0 Å². The number of alkyl halides is 3. The molecule has 0 aliphatic carbocycles. The standard InChI is InChI=1S/C18H18F3N3O3S/c1-4-26-17(25)15-9-23-24(12(15)2)11-28-10-16(22-3)13-6-5-7-14(8-13)27-18(19,20)21/h5-10H,3-4,11H2,1-2H3/b16-10-. The fourth-order valence-corrected chi connectivity index (χ4v) is 3.07. The minimum Gasteiger partial charge on any atom is -0.462 e. The second-order valence-corrected chi connectivity index (χ2v) is 6.22. The average Bonchev–Trinajstić information content (AvgIpc) is 2.98. The molecule has 150 valence electrons. The fraction of sp³-hybridized carbons (Fsp3) is 0.278. The Labute approximate surface area is 164 Å². The summed E-state index contributed by atoms with van der Waals surface area (Å²) in [5.41, 5.74) is 1.83. The van der Waals surface area contributed by atoms with Crippen LogP contribution in [-0.4, -0.2) is 35.4 Å². The number of rotatable bonds is 8. The third kappa shape index (κ3) is 5.88. The molecule has 28 heavy (non-hydrogen) atoms. The minimum absolute atomic E-state index is 0.270. The molecule has 0 radical (unpaired) electrons.